The van der Waals surface area contributed by atoms with Gasteiger partial charge in [-0.1, -0.05) is 72.3 Å². The van der Waals surface area contributed by atoms with Gasteiger partial charge in [0.15, 0.2) is 6.10 Å². The number of aryl methyl sites for hydroxylation is 2. The van der Waals surface area contributed by atoms with Crippen LogP contribution in [0.4, 0.5) is 0 Å². The maximum atomic E-state index is 12.6. The van der Waals surface area contributed by atoms with E-state index in [-0.39, 0.29) is 11.9 Å². The quantitative estimate of drug-likeness (QED) is 0.125. The first-order valence-electron chi connectivity index (χ1n) is 17.9. The van der Waals surface area contributed by atoms with Crippen LogP contribution in [0.15, 0.2) is 84.9 Å². The number of hydrogen-bond donors (Lipinski definition) is 0. The highest BCUT2D eigenvalue weighted by atomic mass is 16.7. The van der Waals surface area contributed by atoms with Gasteiger partial charge in [0.05, 0.1) is 19.8 Å². The van der Waals surface area contributed by atoms with E-state index in [0.29, 0.717) is 32.7 Å². The summed E-state index contributed by atoms with van der Waals surface area (Å²) in [6, 6.07) is 30.6. The Morgan fingerprint density at radius 2 is 1.32 bits per heavy atom. The minimum absolute atomic E-state index is 0.182. The van der Waals surface area contributed by atoms with E-state index in [1.165, 1.54) is 21.9 Å². The first-order chi connectivity index (χ1) is 24.4. The van der Waals surface area contributed by atoms with E-state index in [9.17, 15) is 9.59 Å². The van der Waals surface area contributed by atoms with E-state index in [4.69, 9.17) is 18.9 Å². The summed E-state index contributed by atoms with van der Waals surface area (Å²) in [6.45, 7) is 5.47. The largest absolute Gasteiger partial charge is 0.464 e. The van der Waals surface area contributed by atoms with Gasteiger partial charge in [0.2, 0.25) is 6.29 Å². The number of hydrogen-bond acceptors (Lipinski definition) is 6. The summed E-state index contributed by atoms with van der Waals surface area (Å²) in [5.41, 5.74) is 6.87. The molecule has 0 saturated carbocycles. The van der Waals surface area contributed by atoms with Gasteiger partial charge in [-0.2, -0.15) is 0 Å². The van der Waals surface area contributed by atoms with Crippen molar-refractivity contribution in [3.63, 3.8) is 0 Å². The van der Waals surface area contributed by atoms with Gasteiger partial charge in [-0.3, -0.25) is 4.79 Å². The van der Waals surface area contributed by atoms with Crippen LogP contribution in [0.2, 0.25) is 0 Å². The van der Waals surface area contributed by atoms with Gasteiger partial charge in [-0.05, 0) is 135 Å². The fourth-order valence-corrected chi connectivity index (χ4v) is 7.79. The third-order valence-corrected chi connectivity index (χ3v) is 10.5. The van der Waals surface area contributed by atoms with Crippen molar-refractivity contribution in [1.29, 1.82) is 0 Å². The monoisotopic (exact) mass is 666 g/mol. The first kappa shape index (κ1) is 32.4. The number of fused-ring (bicyclic) bond motifs is 4. The summed E-state index contributed by atoms with van der Waals surface area (Å²) >= 11 is 0. The van der Waals surface area contributed by atoms with Crippen molar-refractivity contribution in [3.8, 4) is 11.1 Å². The van der Waals surface area contributed by atoms with Gasteiger partial charge in [-0.25, -0.2) is 4.79 Å². The van der Waals surface area contributed by atoms with Crippen LogP contribution in [0.5, 0.6) is 0 Å². The Kier molecular flexibility index (Phi) is 8.98. The van der Waals surface area contributed by atoms with Crippen LogP contribution in [-0.4, -0.2) is 30.9 Å². The van der Waals surface area contributed by atoms with E-state index in [1.807, 2.05) is 0 Å². The minimum atomic E-state index is -0.540. The van der Waals surface area contributed by atoms with Gasteiger partial charge in [0, 0.05) is 12.8 Å². The summed E-state index contributed by atoms with van der Waals surface area (Å²) in [7, 11) is 0. The average Bonchev–Trinajstić information content (AvgIpc) is 3.47. The molecule has 6 aromatic carbocycles. The lowest BCUT2D eigenvalue weighted by molar-refractivity contribution is -0.179. The molecular weight excluding hydrogens is 624 g/mol. The van der Waals surface area contributed by atoms with Gasteiger partial charge in [0.25, 0.3) is 0 Å². The number of benzene rings is 6. The lowest BCUT2D eigenvalue weighted by Crippen LogP contribution is -2.24. The number of carbonyl (C=O) groups is 2. The Morgan fingerprint density at radius 3 is 2.18 bits per heavy atom. The maximum absolute atomic E-state index is 12.6. The van der Waals surface area contributed by atoms with Crippen molar-refractivity contribution >= 4 is 55.0 Å². The highest BCUT2D eigenvalue weighted by Gasteiger charge is 2.25. The van der Waals surface area contributed by atoms with Crippen molar-refractivity contribution in [3.05, 3.63) is 107 Å². The molecule has 0 radical (unpaired) electrons. The molecule has 50 heavy (non-hydrogen) atoms. The average molecular weight is 667 g/mol. The summed E-state index contributed by atoms with van der Waals surface area (Å²) in [4.78, 5) is 24.7. The van der Waals surface area contributed by atoms with E-state index in [1.54, 1.807) is 0 Å². The minimum Gasteiger partial charge on any atom is -0.464 e. The van der Waals surface area contributed by atoms with Crippen molar-refractivity contribution < 1.29 is 28.5 Å². The standard InChI is InChI=1S/C44H42O6/c1-27-14-17-34-31(21-27)23-32-22-29(15-18-35(32)39(34)26-49-43-13-6-5-12-42(45)50-43)30-16-19-37-38(24-30)28(2)33-9-3-4-10-36(33)40(37)25-48-41-11-7-8-20-47-44(41)46/h3-4,9-10,14-19,21-24,41,43H,5-8,11-13,20,25-26H2,1-2H3. The lowest BCUT2D eigenvalue weighted by Gasteiger charge is -2.19. The fraction of sp³-hybridized carbons (Fsp3) is 0.318. The molecule has 0 aromatic heterocycles. The Bertz CT molecular complexity index is 2270. The molecular formula is C44H42O6. The zero-order valence-electron chi connectivity index (χ0n) is 28.8. The molecule has 0 amide bonds. The first-order valence-corrected chi connectivity index (χ1v) is 17.9. The Morgan fingerprint density at radius 1 is 0.640 bits per heavy atom. The van der Waals surface area contributed by atoms with Crippen LogP contribution in [0.1, 0.15) is 67.2 Å². The van der Waals surface area contributed by atoms with Crippen molar-refractivity contribution in [2.24, 2.45) is 0 Å². The Balaban J connectivity index is 1.18. The van der Waals surface area contributed by atoms with Crippen LogP contribution in [0.25, 0.3) is 54.2 Å². The molecule has 0 N–H and O–H groups in total. The van der Waals surface area contributed by atoms with E-state index >= 15 is 0 Å². The second-order valence-corrected chi connectivity index (χ2v) is 13.9. The number of carbonyl (C=O) groups excluding carboxylic acids is 2. The fourth-order valence-electron chi connectivity index (χ4n) is 7.79. The molecule has 2 aliphatic heterocycles. The lowest BCUT2D eigenvalue weighted by atomic mass is 9.89. The summed E-state index contributed by atoms with van der Waals surface area (Å²) in [5.74, 6) is -0.439. The molecule has 0 aliphatic carbocycles. The van der Waals surface area contributed by atoms with Crippen LogP contribution >= 0.6 is 0 Å². The van der Waals surface area contributed by atoms with Gasteiger partial charge in [-0.15, -0.1) is 0 Å². The molecule has 2 atom stereocenters. The van der Waals surface area contributed by atoms with Crippen molar-refractivity contribution in [2.75, 3.05) is 6.61 Å². The molecule has 2 saturated heterocycles. The molecule has 6 aromatic rings. The number of esters is 2. The summed E-state index contributed by atoms with van der Waals surface area (Å²) in [5, 5.41) is 9.21. The second kappa shape index (κ2) is 13.9. The molecule has 0 bridgehead atoms. The molecule has 2 unspecified atom stereocenters. The van der Waals surface area contributed by atoms with Crippen LogP contribution < -0.4 is 0 Å². The molecule has 0 spiro atoms. The zero-order chi connectivity index (χ0) is 34.2. The topological polar surface area (TPSA) is 71.1 Å². The molecule has 2 aliphatic rings. The predicted molar refractivity (Wildman–Crippen MR) is 198 cm³/mol. The number of ether oxygens (including phenoxy) is 4. The highest BCUT2D eigenvalue weighted by Crippen LogP contribution is 2.38. The molecule has 2 heterocycles. The number of rotatable bonds is 7. The SMILES string of the molecule is Cc1ccc2c(COC3CCCCC(=O)O3)c3ccc(-c4ccc5c(COC6CCCCOC6=O)c6ccccc6c(C)c5c4)cc3cc2c1. The summed E-state index contributed by atoms with van der Waals surface area (Å²) < 4.78 is 23.6. The third kappa shape index (κ3) is 6.34. The highest BCUT2D eigenvalue weighted by molar-refractivity contribution is 6.07. The van der Waals surface area contributed by atoms with Crippen molar-refractivity contribution in [2.45, 2.75) is 84.4 Å². The van der Waals surface area contributed by atoms with E-state index in [2.05, 4.69) is 98.8 Å². The predicted octanol–water partition coefficient (Wildman–Crippen LogP) is 10.2. The van der Waals surface area contributed by atoms with Crippen LogP contribution in [0, 0.1) is 13.8 Å². The molecule has 254 valence electrons. The second-order valence-electron chi connectivity index (χ2n) is 13.9. The molecule has 8 rings (SSSR count). The Labute approximate surface area is 292 Å². The van der Waals surface area contributed by atoms with E-state index < -0.39 is 12.4 Å². The van der Waals surface area contributed by atoms with Gasteiger partial charge >= 0.3 is 11.9 Å². The smallest absolute Gasteiger partial charge is 0.335 e. The van der Waals surface area contributed by atoms with Crippen LogP contribution in [0.3, 0.4) is 0 Å². The van der Waals surface area contributed by atoms with Crippen molar-refractivity contribution in [1.82, 2.24) is 0 Å². The summed E-state index contributed by atoms with van der Waals surface area (Å²) in [6.07, 6.45) is 4.35. The maximum Gasteiger partial charge on any atom is 0.335 e. The zero-order valence-corrected chi connectivity index (χ0v) is 28.8. The molecule has 2 fully saturated rings. The van der Waals surface area contributed by atoms with Gasteiger partial charge in [0.1, 0.15) is 0 Å². The molecule has 6 nitrogen and oxygen atoms in total. The Hall–Kier alpha value is -4.78. The van der Waals surface area contributed by atoms with Crippen LogP contribution in [-0.2, 0) is 41.8 Å². The normalized spacial score (nSPS) is 18.7. The number of cyclic esters (lactones) is 2. The van der Waals surface area contributed by atoms with Gasteiger partial charge < -0.3 is 18.9 Å². The molecule has 6 heteroatoms. The third-order valence-electron chi connectivity index (χ3n) is 10.5. The van der Waals surface area contributed by atoms with E-state index in [0.717, 1.165) is 86.7 Å².